The Morgan fingerprint density at radius 2 is 2.19 bits per heavy atom. The number of benzene rings is 1. The van der Waals surface area contributed by atoms with Crippen LogP contribution in [0.2, 0.25) is 5.02 Å². The van der Waals surface area contributed by atoms with Gasteiger partial charge in [-0.2, -0.15) is 0 Å². The number of hydrogen-bond acceptors (Lipinski definition) is 4. The van der Waals surface area contributed by atoms with Crippen LogP contribution in [0.25, 0.3) is 6.08 Å². The minimum Gasteiger partial charge on any atom is -0.437 e. The van der Waals surface area contributed by atoms with Crippen LogP contribution in [0, 0.1) is 0 Å². The summed E-state index contributed by atoms with van der Waals surface area (Å²) in [6.07, 6.45) is 7.03. The lowest BCUT2D eigenvalue weighted by molar-refractivity contribution is -0.119. The Hall–Kier alpha value is -2.79. The second-order valence-corrected chi connectivity index (χ2v) is 5.94. The smallest absolute Gasteiger partial charge is 0.219 e. The molecule has 136 valence electrons. The van der Waals surface area contributed by atoms with Crippen LogP contribution in [-0.2, 0) is 4.79 Å². The summed E-state index contributed by atoms with van der Waals surface area (Å²) in [5.74, 6) is 0.877. The van der Waals surface area contributed by atoms with Gasteiger partial charge in [-0.15, -0.1) is 6.58 Å². The number of anilines is 1. The molecule has 1 aromatic carbocycles. The van der Waals surface area contributed by atoms with Crippen LogP contribution in [0.4, 0.5) is 5.69 Å². The van der Waals surface area contributed by atoms with Crippen molar-refractivity contribution in [2.75, 3.05) is 11.9 Å². The van der Waals surface area contributed by atoms with Crippen molar-refractivity contribution in [3.8, 4) is 11.6 Å². The zero-order valence-corrected chi connectivity index (χ0v) is 15.6. The molecule has 1 aromatic heterocycles. The van der Waals surface area contributed by atoms with Gasteiger partial charge in [0, 0.05) is 31.4 Å². The summed E-state index contributed by atoms with van der Waals surface area (Å²) < 4.78 is 5.73. The van der Waals surface area contributed by atoms with E-state index < -0.39 is 0 Å². The lowest BCUT2D eigenvalue weighted by Gasteiger charge is -2.10. The van der Waals surface area contributed by atoms with Gasteiger partial charge in [-0.1, -0.05) is 29.8 Å². The molecule has 0 bridgehead atoms. The van der Waals surface area contributed by atoms with Crippen molar-refractivity contribution in [3.63, 3.8) is 0 Å². The first-order valence-electron chi connectivity index (χ1n) is 8.27. The van der Waals surface area contributed by atoms with E-state index >= 15 is 0 Å². The van der Waals surface area contributed by atoms with E-state index in [1.807, 2.05) is 37.3 Å². The van der Waals surface area contributed by atoms with E-state index in [4.69, 9.17) is 16.3 Å². The first kappa shape index (κ1) is 19.5. The Balaban J connectivity index is 2.03. The molecule has 0 aliphatic carbocycles. The highest BCUT2D eigenvalue weighted by Crippen LogP contribution is 2.30. The largest absolute Gasteiger partial charge is 0.437 e. The Morgan fingerprint density at radius 3 is 2.77 bits per heavy atom. The van der Waals surface area contributed by atoms with Gasteiger partial charge in [-0.3, -0.25) is 4.79 Å². The van der Waals surface area contributed by atoms with E-state index in [0.717, 1.165) is 17.8 Å². The molecule has 2 N–H and O–H groups in total. The number of ether oxygens (including phenoxy) is 1. The van der Waals surface area contributed by atoms with Crippen LogP contribution in [0.1, 0.15) is 19.4 Å². The molecule has 2 rings (SSSR count). The molecular formula is C20H22ClN3O2. The minimum atomic E-state index is -0.225. The fourth-order valence-corrected chi connectivity index (χ4v) is 2.42. The van der Waals surface area contributed by atoms with Gasteiger partial charge >= 0.3 is 0 Å². The van der Waals surface area contributed by atoms with Crippen LogP contribution in [0.5, 0.6) is 11.6 Å². The van der Waals surface area contributed by atoms with E-state index in [1.54, 1.807) is 24.4 Å². The Labute approximate surface area is 158 Å². The molecule has 1 amide bonds. The highest BCUT2D eigenvalue weighted by molar-refractivity contribution is 6.32. The lowest BCUT2D eigenvalue weighted by Crippen LogP contribution is -2.29. The number of pyridine rings is 1. The predicted octanol–water partition coefficient (Wildman–Crippen LogP) is 4.66. The number of aromatic nitrogens is 1. The van der Waals surface area contributed by atoms with Gasteiger partial charge in [-0.05, 0) is 36.8 Å². The molecule has 0 saturated heterocycles. The van der Waals surface area contributed by atoms with Crippen molar-refractivity contribution >= 4 is 29.3 Å². The molecule has 0 saturated carbocycles. The average Bonchev–Trinajstić information content (AvgIpc) is 2.62. The quantitative estimate of drug-likeness (QED) is 0.662. The molecule has 5 nitrogen and oxygen atoms in total. The second-order valence-electron chi connectivity index (χ2n) is 5.53. The molecule has 6 heteroatoms. The Kier molecular flexibility index (Phi) is 7.24. The summed E-state index contributed by atoms with van der Waals surface area (Å²) in [4.78, 5) is 15.4. The molecule has 0 fully saturated rings. The predicted molar refractivity (Wildman–Crippen MR) is 107 cm³/mol. The van der Waals surface area contributed by atoms with Crippen LogP contribution in [0.3, 0.4) is 0 Å². The highest BCUT2D eigenvalue weighted by atomic mass is 35.5. The summed E-state index contributed by atoms with van der Waals surface area (Å²) in [5, 5.41) is 6.46. The topological polar surface area (TPSA) is 63.2 Å². The Bertz CT molecular complexity index is 788. The molecule has 0 aliphatic rings. The number of nitrogens with one attached hydrogen (secondary N) is 2. The number of rotatable bonds is 8. The summed E-state index contributed by atoms with van der Waals surface area (Å²) in [5.41, 5.74) is 1.82. The van der Waals surface area contributed by atoms with Gasteiger partial charge in [0.15, 0.2) is 0 Å². The van der Waals surface area contributed by atoms with Gasteiger partial charge in [-0.25, -0.2) is 4.98 Å². The van der Waals surface area contributed by atoms with Gasteiger partial charge in [0.05, 0.1) is 11.1 Å². The molecule has 0 unspecified atom stereocenters. The first-order chi connectivity index (χ1) is 12.5. The normalized spacial score (nSPS) is 11.8. The van der Waals surface area contributed by atoms with E-state index in [0.29, 0.717) is 16.7 Å². The van der Waals surface area contributed by atoms with Crippen LogP contribution >= 0.6 is 11.6 Å². The van der Waals surface area contributed by atoms with E-state index in [-0.39, 0.29) is 11.9 Å². The maximum atomic E-state index is 11.1. The van der Waals surface area contributed by atoms with Crippen molar-refractivity contribution in [3.05, 3.63) is 65.8 Å². The van der Waals surface area contributed by atoms with Gasteiger partial charge < -0.3 is 15.4 Å². The van der Waals surface area contributed by atoms with E-state index in [2.05, 4.69) is 22.2 Å². The number of nitrogens with zero attached hydrogens (tertiary/aromatic N) is 1. The van der Waals surface area contributed by atoms with E-state index in [9.17, 15) is 4.79 Å². The number of halogens is 1. The number of amides is 1. The SMILES string of the molecule is C=C[C@@H](/C=C/c1ccc(Oc2ccc(NCC)cc2Cl)nc1)NC(C)=O. The Morgan fingerprint density at radius 1 is 1.38 bits per heavy atom. The van der Waals surface area contributed by atoms with Crippen LogP contribution in [0.15, 0.2) is 55.3 Å². The van der Waals surface area contributed by atoms with Crippen molar-refractivity contribution < 1.29 is 9.53 Å². The van der Waals surface area contributed by atoms with Gasteiger partial charge in [0.25, 0.3) is 0 Å². The average molecular weight is 372 g/mol. The fourth-order valence-electron chi connectivity index (χ4n) is 2.20. The standard InChI is InChI=1S/C20H22ClN3O2/c1-4-16(24-14(3)25)8-6-15-7-11-20(23-13-15)26-19-10-9-17(22-5-2)12-18(19)21/h4,6-13,16,22H,1,5H2,2-3H3,(H,24,25)/b8-6+/t16-/m0/s1. The van der Waals surface area contributed by atoms with Gasteiger partial charge in [0.2, 0.25) is 11.8 Å². The zero-order chi connectivity index (χ0) is 18.9. The van der Waals surface area contributed by atoms with Crippen molar-refractivity contribution in [1.82, 2.24) is 10.3 Å². The minimum absolute atomic E-state index is 0.113. The molecule has 0 spiro atoms. The summed E-state index contributed by atoms with van der Waals surface area (Å²) in [6, 6.07) is 8.92. The van der Waals surface area contributed by atoms with E-state index in [1.165, 1.54) is 6.92 Å². The fraction of sp³-hybridized carbons (Fsp3) is 0.200. The zero-order valence-electron chi connectivity index (χ0n) is 14.8. The van der Waals surface area contributed by atoms with Crippen LogP contribution in [-0.4, -0.2) is 23.5 Å². The first-order valence-corrected chi connectivity index (χ1v) is 8.64. The molecule has 1 atom stereocenters. The molecular weight excluding hydrogens is 350 g/mol. The van der Waals surface area contributed by atoms with Crippen LogP contribution < -0.4 is 15.4 Å². The van der Waals surface area contributed by atoms with Crippen molar-refractivity contribution in [2.24, 2.45) is 0 Å². The number of carbonyl (C=O) groups excluding carboxylic acids is 1. The maximum absolute atomic E-state index is 11.1. The number of carbonyl (C=O) groups is 1. The second kappa shape index (κ2) is 9.63. The molecule has 1 heterocycles. The lowest BCUT2D eigenvalue weighted by atomic mass is 10.2. The summed E-state index contributed by atoms with van der Waals surface area (Å²) >= 11 is 6.24. The third kappa shape index (κ3) is 5.93. The third-order valence-electron chi connectivity index (χ3n) is 3.41. The molecule has 0 aliphatic heterocycles. The van der Waals surface area contributed by atoms with Gasteiger partial charge in [0.1, 0.15) is 5.75 Å². The van der Waals surface area contributed by atoms with Crippen molar-refractivity contribution in [1.29, 1.82) is 0 Å². The number of hydrogen-bond donors (Lipinski definition) is 2. The third-order valence-corrected chi connectivity index (χ3v) is 3.70. The molecule has 0 radical (unpaired) electrons. The molecule has 2 aromatic rings. The summed E-state index contributed by atoms with van der Waals surface area (Å²) in [6.45, 7) is 8.00. The molecule has 26 heavy (non-hydrogen) atoms. The maximum Gasteiger partial charge on any atom is 0.219 e. The highest BCUT2D eigenvalue weighted by Gasteiger charge is 2.06. The summed E-state index contributed by atoms with van der Waals surface area (Å²) in [7, 11) is 0. The van der Waals surface area contributed by atoms with Crippen molar-refractivity contribution in [2.45, 2.75) is 19.9 Å². The monoisotopic (exact) mass is 371 g/mol.